The minimum atomic E-state index is -0.997. The smallest absolute Gasteiger partial charge is 0.318 e. The molecule has 1 N–H and O–H groups in total. The average molecular weight is 376 g/mol. The number of amides is 1. The standard InChI is InChI=1S/C15H10F2N6O2S/c1-22-13-10(4-18-15(22)25)23(6-19-13)5-12(24)21-14-20-9-2-7(16)8(17)3-11(9)26-14/h2-4,6H,5H2,1H3,(H,20,21,24). The summed E-state index contributed by atoms with van der Waals surface area (Å²) in [5.74, 6) is -2.37. The number of imidazole rings is 1. The lowest BCUT2D eigenvalue weighted by atomic mass is 10.3. The van der Waals surface area contributed by atoms with Gasteiger partial charge in [-0.1, -0.05) is 11.3 Å². The number of aryl methyl sites for hydroxylation is 1. The molecule has 11 heteroatoms. The Morgan fingerprint density at radius 2 is 2.04 bits per heavy atom. The molecular weight excluding hydrogens is 366 g/mol. The number of halogens is 2. The topological polar surface area (TPSA) is 94.7 Å². The molecule has 0 unspecified atom stereocenters. The molecule has 3 heterocycles. The highest BCUT2D eigenvalue weighted by molar-refractivity contribution is 7.22. The van der Waals surface area contributed by atoms with Gasteiger partial charge in [-0.2, -0.15) is 4.98 Å². The van der Waals surface area contributed by atoms with E-state index in [4.69, 9.17) is 0 Å². The molecule has 1 aromatic carbocycles. The predicted molar refractivity (Wildman–Crippen MR) is 90.9 cm³/mol. The van der Waals surface area contributed by atoms with Crippen LogP contribution in [0.1, 0.15) is 0 Å². The largest absolute Gasteiger partial charge is 0.349 e. The second-order valence-electron chi connectivity index (χ2n) is 5.48. The van der Waals surface area contributed by atoms with E-state index in [0.717, 1.165) is 23.5 Å². The summed E-state index contributed by atoms with van der Waals surface area (Å²) in [6.07, 6.45) is 2.77. The third kappa shape index (κ3) is 2.71. The summed E-state index contributed by atoms with van der Waals surface area (Å²) in [5, 5.41) is 2.81. The molecule has 4 rings (SSSR count). The predicted octanol–water partition coefficient (Wildman–Crippen LogP) is 1.66. The Labute approximate surface area is 147 Å². The van der Waals surface area contributed by atoms with E-state index in [2.05, 4.69) is 20.3 Å². The fourth-order valence-corrected chi connectivity index (χ4v) is 3.37. The molecular formula is C15H10F2N6O2S. The summed E-state index contributed by atoms with van der Waals surface area (Å²) < 4.78 is 29.7. The molecule has 1 amide bonds. The number of carbonyl (C=O) groups excluding carboxylic acids is 1. The van der Waals surface area contributed by atoms with Gasteiger partial charge in [-0.25, -0.2) is 23.5 Å². The highest BCUT2D eigenvalue weighted by Gasteiger charge is 2.14. The monoisotopic (exact) mass is 376 g/mol. The van der Waals surface area contributed by atoms with Crippen LogP contribution in [0.5, 0.6) is 0 Å². The Balaban J connectivity index is 1.58. The van der Waals surface area contributed by atoms with E-state index >= 15 is 0 Å². The summed E-state index contributed by atoms with van der Waals surface area (Å²) >= 11 is 1.04. The summed E-state index contributed by atoms with van der Waals surface area (Å²) in [5.41, 5.74) is 0.747. The molecule has 0 atom stereocenters. The van der Waals surface area contributed by atoms with Gasteiger partial charge in [0.25, 0.3) is 0 Å². The van der Waals surface area contributed by atoms with Crippen molar-refractivity contribution in [3.8, 4) is 0 Å². The van der Waals surface area contributed by atoms with Crippen molar-refractivity contribution in [2.24, 2.45) is 7.05 Å². The lowest BCUT2D eigenvalue weighted by molar-refractivity contribution is -0.116. The number of rotatable bonds is 3. The van der Waals surface area contributed by atoms with Gasteiger partial charge in [0.05, 0.1) is 22.7 Å². The normalized spacial score (nSPS) is 11.3. The van der Waals surface area contributed by atoms with Crippen LogP contribution >= 0.6 is 11.3 Å². The molecule has 0 aliphatic heterocycles. The van der Waals surface area contributed by atoms with Gasteiger partial charge < -0.3 is 9.88 Å². The summed E-state index contributed by atoms with van der Waals surface area (Å²) in [4.78, 5) is 35.6. The number of thiazole rings is 1. The molecule has 0 aliphatic carbocycles. The minimum Gasteiger partial charge on any atom is -0.318 e. The molecule has 0 aliphatic rings. The molecule has 26 heavy (non-hydrogen) atoms. The zero-order valence-electron chi connectivity index (χ0n) is 13.2. The number of aromatic nitrogens is 5. The number of hydrogen-bond donors (Lipinski definition) is 1. The van der Waals surface area contributed by atoms with Crippen LogP contribution in [0.15, 0.2) is 29.5 Å². The van der Waals surface area contributed by atoms with Gasteiger partial charge in [0.2, 0.25) is 5.91 Å². The number of anilines is 1. The SMILES string of the molecule is Cn1c(=O)ncc2c1ncn2CC(=O)Nc1nc2cc(F)c(F)cc2s1. The average Bonchev–Trinajstić information content (AvgIpc) is 3.15. The van der Waals surface area contributed by atoms with Crippen LogP contribution in [0.25, 0.3) is 21.4 Å². The number of hydrogen-bond acceptors (Lipinski definition) is 6. The molecule has 0 saturated heterocycles. The fraction of sp³-hybridized carbons (Fsp3) is 0.133. The van der Waals surface area contributed by atoms with E-state index in [9.17, 15) is 18.4 Å². The second kappa shape index (κ2) is 5.95. The molecule has 4 aromatic rings. The molecule has 132 valence electrons. The van der Waals surface area contributed by atoms with Gasteiger partial charge in [-0.3, -0.25) is 9.36 Å². The van der Waals surface area contributed by atoms with Gasteiger partial charge >= 0.3 is 5.69 Å². The van der Waals surface area contributed by atoms with Crippen molar-refractivity contribution < 1.29 is 13.6 Å². The maximum absolute atomic E-state index is 13.3. The first-order valence-corrected chi connectivity index (χ1v) is 8.16. The number of nitrogens with zero attached hydrogens (tertiary/aromatic N) is 5. The van der Waals surface area contributed by atoms with E-state index in [-0.39, 0.29) is 17.2 Å². The third-order valence-corrected chi connectivity index (χ3v) is 4.68. The first-order valence-electron chi connectivity index (χ1n) is 7.34. The number of benzene rings is 1. The van der Waals surface area contributed by atoms with Crippen LogP contribution in [0.2, 0.25) is 0 Å². The maximum atomic E-state index is 13.3. The Hall–Kier alpha value is -3.21. The number of carbonyl (C=O) groups is 1. The zero-order chi connectivity index (χ0) is 18.4. The number of fused-ring (bicyclic) bond motifs is 2. The van der Waals surface area contributed by atoms with Gasteiger partial charge in [-0.15, -0.1) is 0 Å². The Morgan fingerprint density at radius 1 is 1.27 bits per heavy atom. The van der Waals surface area contributed by atoms with Crippen molar-refractivity contribution in [3.05, 3.63) is 46.8 Å². The van der Waals surface area contributed by atoms with Crippen molar-refractivity contribution in [1.82, 2.24) is 24.1 Å². The lowest BCUT2D eigenvalue weighted by Gasteiger charge is -2.04. The van der Waals surface area contributed by atoms with Gasteiger partial charge in [0, 0.05) is 13.1 Å². The van der Waals surface area contributed by atoms with E-state index < -0.39 is 23.2 Å². The third-order valence-electron chi connectivity index (χ3n) is 3.75. The van der Waals surface area contributed by atoms with Crippen LogP contribution in [-0.4, -0.2) is 30.0 Å². The van der Waals surface area contributed by atoms with Crippen LogP contribution in [0.3, 0.4) is 0 Å². The van der Waals surface area contributed by atoms with Crippen LogP contribution in [-0.2, 0) is 18.4 Å². The van der Waals surface area contributed by atoms with E-state index in [1.165, 1.54) is 28.7 Å². The summed E-state index contributed by atoms with van der Waals surface area (Å²) in [7, 11) is 1.54. The Kier molecular flexibility index (Phi) is 3.72. The molecule has 8 nitrogen and oxygen atoms in total. The highest BCUT2D eigenvalue weighted by Crippen LogP contribution is 2.27. The highest BCUT2D eigenvalue weighted by atomic mass is 32.1. The summed E-state index contributed by atoms with van der Waals surface area (Å²) in [6, 6.07) is 2.01. The van der Waals surface area contributed by atoms with Crippen LogP contribution in [0.4, 0.5) is 13.9 Å². The van der Waals surface area contributed by atoms with E-state index in [1.807, 2.05) is 0 Å². The van der Waals surface area contributed by atoms with Gasteiger partial charge in [0.15, 0.2) is 22.4 Å². The fourth-order valence-electron chi connectivity index (χ4n) is 2.48. The molecule has 0 fully saturated rings. The van der Waals surface area contributed by atoms with Crippen molar-refractivity contribution in [2.75, 3.05) is 5.32 Å². The van der Waals surface area contributed by atoms with Crippen LogP contribution in [0, 0.1) is 11.6 Å². The Morgan fingerprint density at radius 3 is 2.85 bits per heavy atom. The van der Waals surface area contributed by atoms with Crippen molar-refractivity contribution in [3.63, 3.8) is 0 Å². The van der Waals surface area contributed by atoms with E-state index in [1.54, 1.807) is 0 Å². The first kappa shape index (κ1) is 16.3. The first-order chi connectivity index (χ1) is 12.4. The molecule has 0 radical (unpaired) electrons. The molecule has 0 spiro atoms. The zero-order valence-corrected chi connectivity index (χ0v) is 14.0. The quantitative estimate of drug-likeness (QED) is 0.587. The summed E-state index contributed by atoms with van der Waals surface area (Å²) in [6.45, 7) is -0.0883. The lowest BCUT2D eigenvalue weighted by Crippen LogP contribution is -2.21. The number of nitrogens with one attached hydrogen (secondary N) is 1. The van der Waals surface area contributed by atoms with Gasteiger partial charge in [-0.05, 0) is 6.07 Å². The minimum absolute atomic E-state index is 0.0883. The van der Waals surface area contributed by atoms with Crippen molar-refractivity contribution in [2.45, 2.75) is 6.54 Å². The molecule has 0 saturated carbocycles. The van der Waals surface area contributed by atoms with E-state index in [0.29, 0.717) is 15.9 Å². The van der Waals surface area contributed by atoms with Crippen molar-refractivity contribution >= 4 is 43.8 Å². The molecule has 0 bridgehead atoms. The molecule has 3 aromatic heterocycles. The maximum Gasteiger partial charge on any atom is 0.349 e. The second-order valence-corrected chi connectivity index (χ2v) is 6.51. The van der Waals surface area contributed by atoms with Gasteiger partial charge in [0.1, 0.15) is 12.1 Å². The van der Waals surface area contributed by atoms with Crippen molar-refractivity contribution in [1.29, 1.82) is 0 Å². The Bertz CT molecular complexity index is 1190. The van der Waals surface area contributed by atoms with Crippen LogP contribution < -0.4 is 11.0 Å².